The first-order chi connectivity index (χ1) is 7.16. The topological polar surface area (TPSA) is 67.6 Å². The van der Waals surface area contributed by atoms with Gasteiger partial charge in [0.15, 0.2) is 16.3 Å². The van der Waals surface area contributed by atoms with Crippen LogP contribution in [0.4, 0.5) is 5.82 Å². The lowest BCUT2D eigenvalue weighted by Crippen LogP contribution is -1.99. The van der Waals surface area contributed by atoms with Gasteiger partial charge in [-0.05, 0) is 6.92 Å². The molecule has 4 nitrogen and oxygen atoms in total. The third-order valence-corrected chi connectivity index (χ3v) is 2.34. The Bertz CT molecular complexity index is 530. The largest absolute Gasteiger partial charge is 0.380 e. The molecule has 0 aliphatic heterocycles. The summed E-state index contributed by atoms with van der Waals surface area (Å²) in [6.07, 6.45) is 0. The molecule has 1 aromatic heterocycles. The quantitative estimate of drug-likeness (QED) is 0.719. The Morgan fingerprint density at radius 1 is 1.27 bits per heavy atom. The first kappa shape index (κ1) is 9.79. The van der Waals surface area contributed by atoms with E-state index < -0.39 is 0 Å². The maximum atomic E-state index is 5.48. The van der Waals surface area contributed by atoms with Crippen molar-refractivity contribution in [3.8, 4) is 11.4 Å². The molecule has 0 spiro atoms. The van der Waals surface area contributed by atoms with Crippen molar-refractivity contribution in [3.05, 3.63) is 34.5 Å². The number of nitrogens with two attached hydrogens (primary N) is 1. The van der Waals surface area contributed by atoms with Gasteiger partial charge in [0.05, 0.1) is 0 Å². The highest BCUT2D eigenvalue weighted by molar-refractivity contribution is 7.71. The van der Waals surface area contributed by atoms with E-state index in [1.54, 1.807) is 0 Å². The van der Waals surface area contributed by atoms with E-state index >= 15 is 0 Å². The van der Waals surface area contributed by atoms with E-state index in [0.717, 1.165) is 5.56 Å². The fraction of sp³-hybridized carbons (Fsp3) is 0.100. The molecular weight excluding hydrogens is 208 g/mol. The number of rotatable bonds is 1. The third-order valence-electron chi connectivity index (χ3n) is 2.04. The zero-order valence-electron chi connectivity index (χ0n) is 8.19. The molecule has 0 radical (unpaired) electrons. The maximum Gasteiger partial charge on any atom is 0.180 e. The van der Waals surface area contributed by atoms with Gasteiger partial charge < -0.3 is 5.73 Å². The molecule has 0 saturated carbocycles. The van der Waals surface area contributed by atoms with E-state index in [4.69, 9.17) is 18.0 Å². The van der Waals surface area contributed by atoms with Gasteiger partial charge in [-0.2, -0.15) is 5.10 Å². The van der Waals surface area contributed by atoms with Gasteiger partial charge in [-0.3, -0.25) is 5.10 Å². The van der Waals surface area contributed by atoms with Crippen molar-refractivity contribution in [2.75, 3.05) is 5.73 Å². The average molecular weight is 218 g/mol. The van der Waals surface area contributed by atoms with Gasteiger partial charge in [0.25, 0.3) is 0 Å². The van der Waals surface area contributed by atoms with Gasteiger partial charge >= 0.3 is 0 Å². The monoisotopic (exact) mass is 218 g/mol. The molecule has 2 rings (SSSR count). The number of aromatic amines is 1. The van der Waals surface area contributed by atoms with Crippen molar-refractivity contribution < 1.29 is 0 Å². The summed E-state index contributed by atoms with van der Waals surface area (Å²) in [7, 11) is 0. The zero-order chi connectivity index (χ0) is 10.8. The summed E-state index contributed by atoms with van der Waals surface area (Å²) < 4.78 is 0.323. The first-order valence-corrected chi connectivity index (χ1v) is 4.87. The molecule has 0 amide bonds. The molecule has 0 aliphatic carbocycles. The van der Waals surface area contributed by atoms with Crippen LogP contribution in [0.15, 0.2) is 24.3 Å². The molecule has 0 fully saturated rings. The minimum atomic E-state index is 0.251. The van der Waals surface area contributed by atoms with Crippen LogP contribution in [0.5, 0.6) is 0 Å². The number of aryl methyl sites for hydroxylation is 1. The molecule has 0 saturated heterocycles. The molecule has 1 heterocycles. The van der Waals surface area contributed by atoms with E-state index in [1.165, 1.54) is 5.56 Å². The Balaban J connectivity index is 2.50. The van der Waals surface area contributed by atoms with Crippen LogP contribution >= 0.6 is 12.2 Å². The Hall–Kier alpha value is -1.75. The second-order valence-corrected chi connectivity index (χ2v) is 3.63. The van der Waals surface area contributed by atoms with Gasteiger partial charge in [-0.25, -0.2) is 4.98 Å². The van der Waals surface area contributed by atoms with Gasteiger partial charge in [0, 0.05) is 5.56 Å². The minimum absolute atomic E-state index is 0.251. The number of hydrogen-bond donors (Lipinski definition) is 2. The van der Waals surface area contributed by atoms with Crippen LogP contribution in [0.1, 0.15) is 5.56 Å². The predicted octanol–water partition coefficient (Wildman–Crippen LogP) is 2.09. The zero-order valence-corrected chi connectivity index (χ0v) is 9.01. The number of nitrogens with zero attached hydrogens (tertiary/aromatic N) is 2. The second-order valence-electron chi connectivity index (χ2n) is 3.24. The smallest absolute Gasteiger partial charge is 0.180 e. The lowest BCUT2D eigenvalue weighted by molar-refractivity contribution is 0.983. The molecular formula is C10H10N4S. The molecule has 76 valence electrons. The van der Waals surface area contributed by atoms with Crippen molar-refractivity contribution in [1.82, 2.24) is 15.2 Å². The van der Waals surface area contributed by atoms with Crippen molar-refractivity contribution >= 4 is 18.0 Å². The first-order valence-electron chi connectivity index (χ1n) is 4.46. The summed E-state index contributed by atoms with van der Waals surface area (Å²) in [5.74, 6) is 0.884. The maximum absolute atomic E-state index is 5.48. The molecule has 1 aromatic carbocycles. The van der Waals surface area contributed by atoms with Crippen molar-refractivity contribution in [3.63, 3.8) is 0 Å². The number of nitrogens with one attached hydrogen (secondary N) is 1. The lowest BCUT2D eigenvalue weighted by Gasteiger charge is -2.01. The summed E-state index contributed by atoms with van der Waals surface area (Å²) in [6.45, 7) is 2.03. The lowest BCUT2D eigenvalue weighted by atomic mass is 10.1. The van der Waals surface area contributed by atoms with E-state index in [-0.39, 0.29) is 5.82 Å². The van der Waals surface area contributed by atoms with Crippen molar-refractivity contribution in [2.24, 2.45) is 0 Å². The fourth-order valence-electron chi connectivity index (χ4n) is 1.19. The summed E-state index contributed by atoms with van der Waals surface area (Å²) in [5.41, 5.74) is 7.62. The Morgan fingerprint density at radius 2 is 1.93 bits per heavy atom. The normalized spacial score (nSPS) is 10.2. The van der Waals surface area contributed by atoms with Crippen LogP contribution < -0.4 is 5.73 Å². The van der Waals surface area contributed by atoms with E-state index in [1.807, 2.05) is 31.2 Å². The van der Waals surface area contributed by atoms with Crippen molar-refractivity contribution in [1.29, 1.82) is 0 Å². The standard InChI is InChI=1S/C10H10N4S/c1-6-2-4-7(5-3-6)9-12-10(15)8(11)13-14-9/h2-5H,1H3,(H2,11,13)(H,12,14,15). The van der Waals surface area contributed by atoms with Crippen LogP contribution in [0.25, 0.3) is 11.4 Å². The SMILES string of the molecule is Cc1ccc(-c2nc(=S)c(N)n[nH]2)cc1. The summed E-state index contributed by atoms with van der Waals surface area (Å²) >= 11 is 4.95. The van der Waals surface area contributed by atoms with E-state index in [0.29, 0.717) is 10.5 Å². The summed E-state index contributed by atoms with van der Waals surface area (Å²) in [5, 5.41) is 6.62. The van der Waals surface area contributed by atoms with Crippen LogP contribution in [0.3, 0.4) is 0 Å². The second kappa shape index (κ2) is 3.78. The number of anilines is 1. The predicted molar refractivity (Wildman–Crippen MR) is 61.8 cm³/mol. The van der Waals surface area contributed by atoms with Crippen LogP contribution in [-0.2, 0) is 0 Å². The van der Waals surface area contributed by atoms with Crippen LogP contribution in [0, 0.1) is 11.6 Å². The molecule has 0 atom stereocenters. The van der Waals surface area contributed by atoms with Crippen molar-refractivity contribution in [2.45, 2.75) is 6.92 Å². The van der Waals surface area contributed by atoms with E-state index in [9.17, 15) is 0 Å². The summed E-state index contributed by atoms with van der Waals surface area (Å²) in [4.78, 5) is 4.14. The highest BCUT2D eigenvalue weighted by atomic mass is 32.1. The molecule has 3 N–H and O–H groups in total. The molecule has 0 aliphatic rings. The number of hydrogen-bond acceptors (Lipinski definition) is 4. The number of H-pyrrole nitrogens is 1. The highest BCUT2D eigenvalue weighted by Crippen LogP contribution is 2.14. The van der Waals surface area contributed by atoms with Gasteiger partial charge in [-0.15, -0.1) is 0 Å². The Labute approximate surface area is 92.2 Å². The van der Waals surface area contributed by atoms with Gasteiger partial charge in [0.2, 0.25) is 0 Å². The number of nitrogen functional groups attached to an aromatic ring is 1. The van der Waals surface area contributed by atoms with Gasteiger partial charge in [0.1, 0.15) is 0 Å². The molecule has 0 bridgehead atoms. The molecule has 0 unspecified atom stereocenters. The van der Waals surface area contributed by atoms with Crippen LogP contribution in [0.2, 0.25) is 0 Å². The highest BCUT2D eigenvalue weighted by Gasteiger charge is 2.01. The third kappa shape index (κ3) is 2.02. The number of aromatic nitrogens is 3. The molecule has 2 aromatic rings. The minimum Gasteiger partial charge on any atom is -0.380 e. The fourth-order valence-corrected chi connectivity index (χ4v) is 1.32. The Morgan fingerprint density at radius 3 is 2.53 bits per heavy atom. The number of benzene rings is 1. The van der Waals surface area contributed by atoms with Crippen LogP contribution in [-0.4, -0.2) is 15.2 Å². The average Bonchev–Trinajstić information content (AvgIpc) is 2.23. The van der Waals surface area contributed by atoms with E-state index in [2.05, 4.69) is 15.2 Å². The molecule has 15 heavy (non-hydrogen) atoms. The molecule has 5 heteroatoms. The Kier molecular flexibility index (Phi) is 2.47. The van der Waals surface area contributed by atoms with Gasteiger partial charge in [-0.1, -0.05) is 42.0 Å². The summed E-state index contributed by atoms with van der Waals surface area (Å²) in [6, 6.07) is 7.93.